The van der Waals surface area contributed by atoms with Crippen molar-refractivity contribution in [3.63, 3.8) is 0 Å². The molecule has 5 heteroatoms. The molecule has 0 bridgehead atoms. The topological polar surface area (TPSA) is 58.6 Å². The van der Waals surface area contributed by atoms with Crippen molar-refractivity contribution in [2.75, 3.05) is 19.6 Å². The second-order valence-electron chi connectivity index (χ2n) is 6.44. The Balaban J connectivity index is 1.47. The van der Waals surface area contributed by atoms with Crippen LogP contribution in [0, 0.1) is 0 Å². The largest absolute Gasteiger partial charge is 0.445 e. The van der Waals surface area contributed by atoms with E-state index < -0.39 is 0 Å². The van der Waals surface area contributed by atoms with Gasteiger partial charge in [0.25, 0.3) is 0 Å². The molecule has 1 N–H and O–H groups in total. The third-order valence-electron chi connectivity index (χ3n) is 4.53. The van der Waals surface area contributed by atoms with Crippen LogP contribution in [0.1, 0.15) is 17.5 Å². The molecule has 0 radical (unpaired) electrons. The predicted molar refractivity (Wildman–Crippen MR) is 99.8 cm³/mol. The molecule has 1 fully saturated rings. The SMILES string of the molecule is O=C(CCc1ccccc1)C1CN(C(=O)OCc2ccccc2)CCN1. The van der Waals surface area contributed by atoms with Crippen molar-refractivity contribution in [1.29, 1.82) is 0 Å². The minimum absolute atomic E-state index is 0.134. The van der Waals surface area contributed by atoms with E-state index >= 15 is 0 Å². The number of benzene rings is 2. The Morgan fingerprint density at radius 3 is 2.35 bits per heavy atom. The highest BCUT2D eigenvalue weighted by molar-refractivity contribution is 5.85. The summed E-state index contributed by atoms with van der Waals surface area (Å²) in [5.41, 5.74) is 2.10. The number of nitrogens with zero attached hydrogens (tertiary/aromatic N) is 1. The summed E-state index contributed by atoms with van der Waals surface area (Å²) in [6, 6.07) is 19.2. The molecule has 2 aromatic rings. The lowest BCUT2D eigenvalue weighted by molar-refractivity contribution is -0.121. The number of aryl methyl sites for hydroxylation is 1. The molecule has 1 aliphatic rings. The van der Waals surface area contributed by atoms with Crippen LogP contribution in [0.3, 0.4) is 0 Å². The molecule has 26 heavy (non-hydrogen) atoms. The molecule has 2 aromatic carbocycles. The van der Waals surface area contributed by atoms with Crippen molar-refractivity contribution >= 4 is 11.9 Å². The molecular weight excluding hydrogens is 328 g/mol. The second kappa shape index (κ2) is 9.15. The lowest BCUT2D eigenvalue weighted by atomic mass is 10.0. The molecule has 5 nitrogen and oxygen atoms in total. The van der Waals surface area contributed by atoms with Gasteiger partial charge < -0.3 is 15.0 Å². The van der Waals surface area contributed by atoms with Crippen molar-refractivity contribution in [3.05, 3.63) is 71.8 Å². The lowest BCUT2D eigenvalue weighted by Crippen LogP contribution is -2.55. The monoisotopic (exact) mass is 352 g/mol. The number of Topliss-reactive ketones (excluding diaryl/α,β-unsaturated/α-hetero) is 1. The zero-order valence-electron chi connectivity index (χ0n) is 14.8. The number of piperazine rings is 1. The molecule has 0 aliphatic carbocycles. The third-order valence-corrected chi connectivity index (χ3v) is 4.53. The lowest BCUT2D eigenvalue weighted by Gasteiger charge is -2.32. The van der Waals surface area contributed by atoms with Crippen molar-refractivity contribution in [2.24, 2.45) is 0 Å². The molecule has 1 atom stereocenters. The summed E-state index contributed by atoms with van der Waals surface area (Å²) in [6.07, 6.45) is 0.821. The summed E-state index contributed by atoms with van der Waals surface area (Å²) >= 11 is 0. The number of carbonyl (C=O) groups excluding carboxylic acids is 2. The fraction of sp³-hybridized carbons (Fsp3) is 0.333. The van der Waals surface area contributed by atoms with Gasteiger partial charge in [0.1, 0.15) is 6.61 Å². The van der Waals surface area contributed by atoms with Gasteiger partial charge in [0, 0.05) is 26.1 Å². The molecule has 1 heterocycles. The van der Waals surface area contributed by atoms with Gasteiger partial charge in [-0.15, -0.1) is 0 Å². The Morgan fingerprint density at radius 2 is 1.65 bits per heavy atom. The second-order valence-corrected chi connectivity index (χ2v) is 6.44. The van der Waals surface area contributed by atoms with Crippen LogP contribution in [0.2, 0.25) is 0 Å². The first-order chi connectivity index (χ1) is 12.7. The molecule has 0 saturated carbocycles. The van der Waals surface area contributed by atoms with E-state index in [1.807, 2.05) is 60.7 Å². The molecular formula is C21H24N2O3. The fourth-order valence-corrected chi connectivity index (χ4v) is 3.03. The van der Waals surface area contributed by atoms with Crippen molar-refractivity contribution in [1.82, 2.24) is 10.2 Å². The van der Waals surface area contributed by atoms with Crippen LogP contribution in [-0.2, 0) is 22.6 Å². The van der Waals surface area contributed by atoms with E-state index in [2.05, 4.69) is 5.32 Å². The average Bonchev–Trinajstić information content (AvgIpc) is 2.72. The van der Waals surface area contributed by atoms with E-state index in [0.29, 0.717) is 26.1 Å². The van der Waals surface area contributed by atoms with E-state index in [1.165, 1.54) is 0 Å². The first kappa shape index (κ1) is 18.1. The summed E-state index contributed by atoms with van der Waals surface area (Å²) in [5.74, 6) is 0.134. The van der Waals surface area contributed by atoms with E-state index in [0.717, 1.165) is 17.5 Å². The minimum atomic E-state index is -0.365. The van der Waals surface area contributed by atoms with Crippen molar-refractivity contribution < 1.29 is 14.3 Å². The summed E-state index contributed by atoms with van der Waals surface area (Å²) in [5, 5.41) is 3.21. The van der Waals surface area contributed by atoms with Crippen LogP contribution in [-0.4, -0.2) is 42.5 Å². The molecule has 3 rings (SSSR count). The summed E-state index contributed by atoms with van der Waals surface area (Å²) in [7, 11) is 0. The van der Waals surface area contributed by atoms with Gasteiger partial charge in [-0.3, -0.25) is 4.79 Å². The highest BCUT2D eigenvalue weighted by Crippen LogP contribution is 2.09. The summed E-state index contributed by atoms with van der Waals surface area (Å²) in [4.78, 5) is 26.4. The number of ether oxygens (including phenoxy) is 1. The van der Waals surface area contributed by atoms with Crippen LogP contribution in [0.15, 0.2) is 60.7 Å². The van der Waals surface area contributed by atoms with Crippen LogP contribution in [0.25, 0.3) is 0 Å². The van der Waals surface area contributed by atoms with Gasteiger partial charge in [-0.2, -0.15) is 0 Å². The summed E-state index contributed by atoms with van der Waals surface area (Å²) in [6.45, 7) is 1.76. The van der Waals surface area contributed by atoms with Gasteiger partial charge in [0.15, 0.2) is 5.78 Å². The van der Waals surface area contributed by atoms with Gasteiger partial charge in [0.2, 0.25) is 0 Å². The standard InChI is InChI=1S/C21H24N2O3/c24-20(12-11-17-7-3-1-4-8-17)19-15-23(14-13-22-19)21(25)26-16-18-9-5-2-6-10-18/h1-10,19,22H,11-16H2. The van der Waals surface area contributed by atoms with Crippen molar-refractivity contribution in [3.8, 4) is 0 Å². The quantitative estimate of drug-likeness (QED) is 0.868. The molecule has 1 unspecified atom stereocenters. The Hall–Kier alpha value is -2.66. The highest BCUT2D eigenvalue weighted by Gasteiger charge is 2.28. The summed E-state index contributed by atoms with van der Waals surface area (Å²) < 4.78 is 5.37. The molecule has 0 aromatic heterocycles. The number of amides is 1. The number of rotatable bonds is 6. The first-order valence-corrected chi connectivity index (χ1v) is 8.98. The van der Waals surface area contributed by atoms with Crippen LogP contribution >= 0.6 is 0 Å². The third kappa shape index (κ3) is 5.17. The van der Waals surface area contributed by atoms with E-state index in [-0.39, 0.29) is 24.5 Å². The van der Waals surface area contributed by atoms with Crippen LogP contribution < -0.4 is 5.32 Å². The Labute approximate surface area is 154 Å². The highest BCUT2D eigenvalue weighted by atomic mass is 16.6. The molecule has 0 spiro atoms. The normalized spacial score (nSPS) is 16.9. The molecule has 1 saturated heterocycles. The number of hydrogen-bond donors (Lipinski definition) is 1. The van der Waals surface area contributed by atoms with Gasteiger partial charge in [-0.25, -0.2) is 4.79 Å². The number of nitrogens with one attached hydrogen (secondary N) is 1. The Bertz CT molecular complexity index is 657. The van der Waals surface area contributed by atoms with E-state index in [1.54, 1.807) is 4.90 Å². The van der Waals surface area contributed by atoms with Gasteiger partial charge in [0.05, 0.1) is 6.04 Å². The Kier molecular flexibility index (Phi) is 6.39. The average molecular weight is 352 g/mol. The predicted octanol–water partition coefficient (Wildman–Crippen LogP) is 2.80. The number of hydrogen-bond acceptors (Lipinski definition) is 4. The Morgan fingerprint density at radius 1 is 1.00 bits per heavy atom. The van der Waals surface area contributed by atoms with Crippen molar-refractivity contribution in [2.45, 2.75) is 25.5 Å². The van der Waals surface area contributed by atoms with Gasteiger partial charge >= 0.3 is 6.09 Å². The molecule has 1 aliphatic heterocycles. The maximum Gasteiger partial charge on any atom is 0.410 e. The molecule has 136 valence electrons. The smallest absolute Gasteiger partial charge is 0.410 e. The zero-order valence-corrected chi connectivity index (χ0v) is 14.8. The van der Waals surface area contributed by atoms with Gasteiger partial charge in [-0.05, 0) is 17.5 Å². The number of ketones is 1. The maximum absolute atomic E-state index is 12.5. The maximum atomic E-state index is 12.5. The van der Waals surface area contributed by atoms with E-state index in [4.69, 9.17) is 4.74 Å². The van der Waals surface area contributed by atoms with Gasteiger partial charge in [-0.1, -0.05) is 60.7 Å². The number of carbonyl (C=O) groups is 2. The zero-order chi connectivity index (χ0) is 18.2. The van der Waals surface area contributed by atoms with E-state index in [9.17, 15) is 9.59 Å². The van der Waals surface area contributed by atoms with Crippen LogP contribution in [0.4, 0.5) is 4.79 Å². The van der Waals surface area contributed by atoms with Crippen LogP contribution in [0.5, 0.6) is 0 Å². The molecule has 1 amide bonds. The first-order valence-electron chi connectivity index (χ1n) is 8.98. The minimum Gasteiger partial charge on any atom is -0.445 e. The fourth-order valence-electron chi connectivity index (χ4n) is 3.03.